The fourth-order valence-electron chi connectivity index (χ4n) is 2.12. The number of aliphatic hydroxyl groups excluding tert-OH is 2. The Morgan fingerprint density at radius 1 is 1.19 bits per heavy atom. The van der Waals surface area contributed by atoms with Gasteiger partial charge in [0, 0.05) is 12.6 Å². The molecule has 3 atom stereocenters. The van der Waals surface area contributed by atoms with Crippen LogP contribution >= 0.6 is 0 Å². The summed E-state index contributed by atoms with van der Waals surface area (Å²) in [6.07, 6.45) is 1.30. The summed E-state index contributed by atoms with van der Waals surface area (Å²) < 4.78 is 5.77. The van der Waals surface area contributed by atoms with Crippen molar-refractivity contribution in [1.29, 1.82) is 0 Å². The largest absolute Gasteiger partial charge is 0.491 e. The first-order chi connectivity index (χ1) is 10.1. The molecular weight excluding hydrogens is 266 g/mol. The molecule has 0 radical (unpaired) electrons. The third kappa shape index (κ3) is 6.04. The zero-order valence-electron chi connectivity index (χ0n) is 13.4. The number of benzene rings is 1. The lowest BCUT2D eigenvalue weighted by atomic mass is 9.98. The Hall–Kier alpha value is -1.10. The lowest BCUT2D eigenvalue weighted by Gasteiger charge is -2.20. The summed E-state index contributed by atoms with van der Waals surface area (Å²) in [6, 6.07) is 8.02. The average Bonchev–Trinajstić information content (AvgIpc) is 2.53. The Balaban J connectivity index is 2.47. The van der Waals surface area contributed by atoms with Crippen LogP contribution in [0.4, 0.5) is 0 Å². The zero-order chi connectivity index (χ0) is 15.7. The van der Waals surface area contributed by atoms with Crippen LogP contribution in [0.15, 0.2) is 24.3 Å². The van der Waals surface area contributed by atoms with Crippen LogP contribution in [-0.4, -0.2) is 42.1 Å². The lowest BCUT2D eigenvalue weighted by molar-refractivity contribution is 0.0988. The number of hydrogen-bond acceptors (Lipinski definition) is 4. The molecule has 0 spiro atoms. The number of aliphatic hydroxyl groups is 2. The summed E-state index contributed by atoms with van der Waals surface area (Å²) in [7, 11) is 0. The predicted molar refractivity (Wildman–Crippen MR) is 85.8 cm³/mol. The van der Waals surface area contributed by atoms with Crippen LogP contribution < -0.4 is 10.1 Å². The van der Waals surface area contributed by atoms with Gasteiger partial charge in [0.15, 0.2) is 0 Å². The molecule has 0 aliphatic heterocycles. The molecule has 0 fully saturated rings. The molecule has 3 N–H and O–H groups in total. The van der Waals surface area contributed by atoms with Crippen LogP contribution in [0, 0.1) is 0 Å². The molecule has 0 heterocycles. The van der Waals surface area contributed by atoms with Crippen molar-refractivity contribution in [3.63, 3.8) is 0 Å². The standard InChI is InChI=1S/C17H29NO3/c1-4-13(3)16-8-6-7-9-17(16)21-12-15(20)10-18-14(5-2)11-19/h6-9,13-15,18-20H,4-5,10-12H2,1-3H3/t13-,14+,15+/m0/s1. The quantitative estimate of drug-likeness (QED) is 0.620. The van der Waals surface area contributed by atoms with Gasteiger partial charge in [-0.15, -0.1) is 0 Å². The number of hydrogen-bond donors (Lipinski definition) is 3. The van der Waals surface area contributed by atoms with Crippen LogP contribution in [0.3, 0.4) is 0 Å². The van der Waals surface area contributed by atoms with Crippen LogP contribution in [0.1, 0.15) is 45.1 Å². The van der Waals surface area contributed by atoms with Gasteiger partial charge < -0.3 is 20.3 Å². The zero-order valence-corrected chi connectivity index (χ0v) is 13.4. The number of rotatable bonds is 10. The summed E-state index contributed by atoms with van der Waals surface area (Å²) >= 11 is 0. The van der Waals surface area contributed by atoms with E-state index in [1.54, 1.807) is 0 Å². The molecule has 0 saturated carbocycles. The highest BCUT2D eigenvalue weighted by atomic mass is 16.5. The highest BCUT2D eigenvalue weighted by Crippen LogP contribution is 2.28. The normalized spacial score (nSPS) is 15.5. The van der Waals surface area contributed by atoms with Crippen molar-refractivity contribution in [2.45, 2.75) is 51.7 Å². The summed E-state index contributed by atoms with van der Waals surface area (Å²) in [5, 5.41) is 22.2. The van der Waals surface area contributed by atoms with E-state index in [1.165, 1.54) is 5.56 Å². The fraction of sp³-hybridized carbons (Fsp3) is 0.647. The highest BCUT2D eigenvalue weighted by Gasteiger charge is 2.12. The SMILES string of the molecule is CC[C@H](CO)NC[C@@H](O)COc1ccccc1[C@@H](C)CC. The molecule has 0 aromatic heterocycles. The fourth-order valence-corrected chi connectivity index (χ4v) is 2.12. The topological polar surface area (TPSA) is 61.7 Å². The predicted octanol–water partition coefficient (Wildman–Crippen LogP) is 2.30. The van der Waals surface area contributed by atoms with Gasteiger partial charge in [-0.3, -0.25) is 0 Å². The van der Waals surface area contributed by atoms with E-state index in [2.05, 4.69) is 25.2 Å². The van der Waals surface area contributed by atoms with Crippen molar-refractivity contribution in [1.82, 2.24) is 5.32 Å². The Morgan fingerprint density at radius 3 is 2.52 bits per heavy atom. The Labute approximate surface area is 128 Å². The van der Waals surface area contributed by atoms with E-state index in [4.69, 9.17) is 9.84 Å². The maximum atomic E-state index is 9.97. The summed E-state index contributed by atoms with van der Waals surface area (Å²) in [4.78, 5) is 0. The molecule has 1 rings (SSSR count). The maximum Gasteiger partial charge on any atom is 0.122 e. The minimum Gasteiger partial charge on any atom is -0.491 e. The summed E-state index contributed by atoms with van der Waals surface area (Å²) in [5.41, 5.74) is 1.18. The summed E-state index contributed by atoms with van der Waals surface area (Å²) in [6.45, 7) is 7.08. The first kappa shape index (κ1) is 18.0. The second-order valence-electron chi connectivity index (χ2n) is 5.51. The van der Waals surface area contributed by atoms with Crippen molar-refractivity contribution < 1.29 is 14.9 Å². The van der Waals surface area contributed by atoms with Crippen molar-refractivity contribution in [3.05, 3.63) is 29.8 Å². The molecule has 21 heavy (non-hydrogen) atoms. The van der Waals surface area contributed by atoms with Crippen LogP contribution in [0.2, 0.25) is 0 Å². The van der Waals surface area contributed by atoms with Gasteiger partial charge in [-0.05, 0) is 30.4 Å². The second-order valence-corrected chi connectivity index (χ2v) is 5.51. The molecule has 0 unspecified atom stereocenters. The Kier molecular flexibility index (Phi) is 8.35. The average molecular weight is 295 g/mol. The second kappa shape index (κ2) is 9.77. The molecule has 0 saturated heterocycles. The molecule has 0 amide bonds. The van der Waals surface area contributed by atoms with Gasteiger partial charge in [-0.2, -0.15) is 0 Å². The third-order valence-electron chi connectivity index (χ3n) is 3.85. The molecule has 4 nitrogen and oxygen atoms in total. The first-order valence-corrected chi connectivity index (χ1v) is 7.86. The monoisotopic (exact) mass is 295 g/mol. The first-order valence-electron chi connectivity index (χ1n) is 7.86. The van der Waals surface area contributed by atoms with Gasteiger partial charge in [0.05, 0.1) is 6.61 Å². The summed E-state index contributed by atoms with van der Waals surface area (Å²) in [5.74, 6) is 1.29. The van der Waals surface area contributed by atoms with Crippen molar-refractivity contribution >= 4 is 0 Å². The van der Waals surface area contributed by atoms with Gasteiger partial charge in [0.1, 0.15) is 18.5 Å². The molecule has 0 aliphatic carbocycles. The van der Waals surface area contributed by atoms with E-state index in [-0.39, 0.29) is 19.3 Å². The van der Waals surface area contributed by atoms with Crippen LogP contribution in [-0.2, 0) is 0 Å². The minimum atomic E-state index is -0.587. The van der Waals surface area contributed by atoms with Gasteiger partial charge in [0.2, 0.25) is 0 Å². The van der Waals surface area contributed by atoms with Gasteiger partial charge in [-0.1, -0.05) is 39.0 Å². The van der Waals surface area contributed by atoms with Crippen molar-refractivity contribution in [2.75, 3.05) is 19.8 Å². The van der Waals surface area contributed by atoms with E-state index >= 15 is 0 Å². The van der Waals surface area contributed by atoms with Crippen molar-refractivity contribution in [3.8, 4) is 5.75 Å². The van der Waals surface area contributed by atoms with Crippen molar-refractivity contribution in [2.24, 2.45) is 0 Å². The highest BCUT2D eigenvalue weighted by molar-refractivity contribution is 5.35. The molecule has 4 heteroatoms. The molecule has 1 aromatic rings. The molecule has 0 bridgehead atoms. The van der Waals surface area contributed by atoms with Crippen LogP contribution in [0.25, 0.3) is 0 Å². The number of ether oxygens (including phenoxy) is 1. The molecular formula is C17H29NO3. The lowest BCUT2D eigenvalue weighted by Crippen LogP contribution is -2.39. The molecule has 0 aliphatic rings. The van der Waals surface area contributed by atoms with Gasteiger partial charge in [0.25, 0.3) is 0 Å². The third-order valence-corrected chi connectivity index (χ3v) is 3.85. The Bertz CT molecular complexity index is 393. The van der Waals surface area contributed by atoms with E-state index < -0.39 is 6.10 Å². The minimum absolute atomic E-state index is 0.0343. The maximum absolute atomic E-state index is 9.97. The van der Waals surface area contributed by atoms with E-state index in [1.807, 2.05) is 25.1 Å². The van der Waals surface area contributed by atoms with E-state index in [9.17, 15) is 5.11 Å². The van der Waals surface area contributed by atoms with Crippen LogP contribution in [0.5, 0.6) is 5.75 Å². The Morgan fingerprint density at radius 2 is 1.90 bits per heavy atom. The molecule has 120 valence electrons. The smallest absolute Gasteiger partial charge is 0.122 e. The van der Waals surface area contributed by atoms with Gasteiger partial charge in [-0.25, -0.2) is 0 Å². The van der Waals surface area contributed by atoms with E-state index in [0.717, 1.165) is 18.6 Å². The molecule has 1 aromatic carbocycles. The van der Waals surface area contributed by atoms with Gasteiger partial charge >= 0.3 is 0 Å². The van der Waals surface area contributed by atoms with E-state index in [0.29, 0.717) is 12.5 Å². The number of nitrogens with one attached hydrogen (secondary N) is 1. The number of para-hydroxylation sites is 1.